The molecule has 2 atom stereocenters. The van der Waals surface area contributed by atoms with Gasteiger partial charge in [0.1, 0.15) is 0 Å². The highest BCUT2D eigenvalue weighted by molar-refractivity contribution is 9.10. The van der Waals surface area contributed by atoms with Crippen LogP contribution in [0.2, 0.25) is 0 Å². The average Bonchev–Trinajstić information content (AvgIpc) is 3.18. The summed E-state index contributed by atoms with van der Waals surface area (Å²) in [5, 5.41) is 8.08. The van der Waals surface area contributed by atoms with E-state index in [0.29, 0.717) is 6.10 Å². The molecule has 3 rings (SSSR count). The maximum atomic E-state index is 6.15. The molecule has 0 aromatic carbocycles. The number of hydrogen-bond acceptors (Lipinski definition) is 3. The molecule has 1 aromatic heterocycles. The highest BCUT2D eigenvalue weighted by atomic mass is 79.9. The van der Waals surface area contributed by atoms with E-state index in [1.54, 1.807) is 0 Å². The average molecular weight is 356 g/mol. The van der Waals surface area contributed by atoms with Crippen LogP contribution in [0.15, 0.2) is 4.47 Å². The molecule has 1 N–H and O–H groups in total. The maximum Gasteiger partial charge on any atom is 0.0738 e. The number of hydrogen-bond donors (Lipinski definition) is 1. The molecule has 2 unspecified atom stereocenters. The summed E-state index contributed by atoms with van der Waals surface area (Å²) in [5.41, 5.74) is 2.65. The van der Waals surface area contributed by atoms with Crippen LogP contribution in [0.5, 0.6) is 0 Å². The smallest absolute Gasteiger partial charge is 0.0738 e. The van der Waals surface area contributed by atoms with Gasteiger partial charge < -0.3 is 10.1 Å². The predicted molar refractivity (Wildman–Crippen MR) is 87.5 cm³/mol. The zero-order valence-electron chi connectivity index (χ0n) is 13.3. The van der Waals surface area contributed by atoms with Crippen LogP contribution >= 0.6 is 15.9 Å². The van der Waals surface area contributed by atoms with E-state index in [2.05, 4.69) is 51.9 Å². The van der Waals surface area contributed by atoms with E-state index in [4.69, 9.17) is 4.74 Å². The molecule has 21 heavy (non-hydrogen) atoms. The Balaban J connectivity index is 1.92. The first-order valence-electron chi connectivity index (χ1n) is 8.09. The van der Waals surface area contributed by atoms with Gasteiger partial charge in [0, 0.05) is 25.1 Å². The fourth-order valence-corrected chi connectivity index (χ4v) is 4.33. The molecule has 2 aliphatic rings. The first-order valence-corrected chi connectivity index (χ1v) is 8.88. The van der Waals surface area contributed by atoms with Gasteiger partial charge >= 0.3 is 0 Å². The third-order valence-electron chi connectivity index (χ3n) is 5.05. The van der Waals surface area contributed by atoms with Crippen molar-refractivity contribution >= 4 is 15.9 Å². The van der Waals surface area contributed by atoms with Crippen molar-refractivity contribution < 1.29 is 4.74 Å². The first-order chi connectivity index (χ1) is 10.1. The Morgan fingerprint density at radius 1 is 1.48 bits per heavy atom. The van der Waals surface area contributed by atoms with Crippen molar-refractivity contribution in [1.29, 1.82) is 0 Å². The summed E-state index contributed by atoms with van der Waals surface area (Å²) in [6.07, 6.45) is 5.28. The second-order valence-corrected chi connectivity index (χ2v) is 7.40. The van der Waals surface area contributed by atoms with E-state index in [9.17, 15) is 0 Å². The zero-order valence-corrected chi connectivity index (χ0v) is 14.9. The van der Waals surface area contributed by atoms with Gasteiger partial charge in [-0.3, -0.25) is 4.68 Å². The van der Waals surface area contributed by atoms with E-state index < -0.39 is 0 Å². The van der Waals surface area contributed by atoms with Crippen LogP contribution in [0.4, 0.5) is 0 Å². The lowest BCUT2D eigenvalue weighted by Gasteiger charge is -2.34. The largest absolute Gasteiger partial charge is 0.377 e. The second-order valence-electron chi connectivity index (χ2n) is 6.61. The van der Waals surface area contributed by atoms with Crippen molar-refractivity contribution in [2.45, 2.75) is 52.2 Å². The summed E-state index contributed by atoms with van der Waals surface area (Å²) in [7, 11) is 2.06. The van der Waals surface area contributed by atoms with E-state index >= 15 is 0 Å². The Hall–Kier alpha value is -0.390. The fourth-order valence-electron chi connectivity index (χ4n) is 3.91. The van der Waals surface area contributed by atoms with Crippen molar-refractivity contribution in [2.24, 2.45) is 11.3 Å². The SMILES string of the molecule is CCn1nc(C)c(Br)c1CC1(CNC)CCOC1C1CC1. The monoisotopic (exact) mass is 355 g/mol. The van der Waals surface area contributed by atoms with Crippen LogP contribution < -0.4 is 5.32 Å². The van der Waals surface area contributed by atoms with Gasteiger partial charge in [-0.2, -0.15) is 5.10 Å². The summed E-state index contributed by atoms with van der Waals surface area (Å²) >= 11 is 3.75. The molecule has 1 aliphatic carbocycles. The number of ether oxygens (including phenoxy) is 1. The minimum atomic E-state index is 0.220. The summed E-state index contributed by atoms with van der Waals surface area (Å²) in [4.78, 5) is 0. The third kappa shape index (κ3) is 2.80. The van der Waals surface area contributed by atoms with E-state index in [0.717, 1.165) is 44.1 Å². The maximum absolute atomic E-state index is 6.15. The van der Waals surface area contributed by atoms with Gasteiger partial charge in [0.05, 0.1) is 22.0 Å². The van der Waals surface area contributed by atoms with Crippen molar-refractivity contribution in [3.8, 4) is 0 Å². The second kappa shape index (κ2) is 6.01. The molecule has 1 aliphatic heterocycles. The van der Waals surface area contributed by atoms with Crippen LogP contribution in [0.3, 0.4) is 0 Å². The summed E-state index contributed by atoms with van der Waals surface area (Å²) in [6, 6.07) is 0. The van der Waals surface area contributed by atoms with Gasteiger partial charge in [0.15, 0.2) is 0 Å². The molecule has 1 saturated carbocycles. The van der Waals surface area contributed by atoms with Crippen LogP contribution in [0.1, 0.15) is 37.6 Å². The minimum Gasteiger partial charge on any atom is -0.377 e. The Morgan fingerprint density at radius 2 is 2.24 bits per heavy atom. The van der Waals surface area contributed by atoms with Crippen molar-refractivity contribution in [1.82, 2.24) is 15.1 Å². The quantitative estimate of drug-likeness (QED) is 0.852. The Kier molecular flexibility index (Phi) is 4.44. The molecule has 0 radical (unpaired) electrons. The number of nitrogens with zero attached hydrogens (tertiary/aromatic N) is 2. The Morgan fingerprint density at radius 3 is 2.86 bits per heavy atom. The molecule has 2 heterocycles. The molecule has 1 saturated heterocycles. The van der Waals surface area contributed by atoms with Crippen LogP contribution in [0.25, 0.3) is 0 Å². The van der Waals surface area contributed by atoms with Crippen LogP contribution in [0, 0.1) is 18.3 Å². The van der Waals surface area contributed by atoms with Gasteiger partial charge in [-0.1, -0.05) is 0 Å². The van der Waals surface area contributed by atoms with Crippen molar-refractivity contribution in [3.63, 3.8) is 0 Å². The highest BCUT2D eigenvalue weighted by Crippen LogP contribution is 2.49. The number of halogens is 1. The van der Waals surface area contributed by atoms with Gasteiger partial charge in [-0.05, 0) is 68.4 Å². The number of aromatic nitrogens is 2. The van der Waals surface area contributed by atoms with Gasteiger partial charge in [0.25, 0.3) is 0 Å². The highest BCUT2D eigenvalue weighted by Gasteiger charge is 2.51. The van der Waals surface area contributed by atoms with Gasteiger partial charge in [-0.25, -0.2) is 0 Å². The Bertz CT molecular complexity index is 512. The number of rotatable bonds is 6. The minimum absolute atomic E-state index is 0.220. The molecule has 1 aromatic rings. The molecule has 2 fully saturated rings. The van der Waals surface area contributed by atoms with Gasteiger partial charge in [-0.15, -0.1) is 0 Å². The standard InChI is InChI=1S/C16H26BrN3O/c1-4-20-13(14(17)11(2)19-20)9-16(10-18-3)7-8-21-15(16)12-5-6-12/h12,15,18H,4-10H2,1-3H3. The molecular formula is C16H26BrN3O. The number of nitrogens with one attached hydrogen (secondary N) is 1. The molecule has 5 heteroatoms. The lowest BCUT2D eigenvalue weighted by molar-refractivity contribution is 0.0305. The van der Waals surface area contributed by atoms with E-state index in [1.165, 1.54) is 23.0 Å². The van der Waals surface area contributed by atoms with Crippen molar-refractivity contribution in [3.05, 3.63) is 15.9 Å². The first kappa shape index (κ1) is 15.5. The van der Waals surface area contributed by atoms with E-state index in [1.807, 2.05) is 0 Å². The molecule has 118 valence electrons. The Labute approximate surface area is 135 Å². The molecule has 0 spiro atoms. The van der Waals surface area contributed by atoms with Crippen LogP contribution in [-0.2, 0) is 17.7 Å². The molecular weight excluding hydrogens is 330 g/mol. The molecule has 0 bridgehead atoms. The summed E-state index contributed by atoms with van der Waals surface area (Å²) < 4.78 is 9.49. The molecule has 0 amide bonds. The third-order valence-corrected chi connectivity index (χ3v) is 6.08. The number of aryl methyl sites for hydroxylation is 2. The van der Waals surface area contributed by atoms with Gasteiger partial charge in [0.2, 0.25) is 0 Å². The van der Waals surface area contributed by atoms with Crippen molar-refractivity contribution in [2.75, 3.05) is 20.2 Å². The lowest BCUT2D eigenvalue weighted by atomic mass is 9.75. The molecule has 4 nitrogen and oxygen atoms in total. The fraction of sp³-hybridized carbons (Fsp3) is 0.812. The normalized spacial score (nSPS) is 29.2. The zero-order chi connectivity index (χ0) is 15.0. The van der Waals surface area contributed by atoms with E-state index in [-0.39, 0.29) is 5.41 Å². The lowest BCUT2D eigenvalue weighted by Crippen LogP contribution is -2.43. The summed E-state index contributed by atoms with van der Waals surface area (Å²) in [6.45, 7) is 7.09. The van der Waals surface area contributed by atoms with Crippen LogP contribution in [-0.4, -0.2) is 36.1 Å². The topological polar surface area (TPSA) is 39.1 Å². The summed E-state index contributed by atoms with van der Waals surface area (Å²) in [5.74, 6) is 0.777. The predicted octanol–water partition coefficient (Wildman–Crippen LogP) is 2.92.